The molecular weight excluding hydrogens is 364 g/mol. The molecule has 2 heterocycles. The van der Waals surface area contributed by atoms with Gasteiger partial charge in [0.15, 0.2) is 10.8 Å². The van der Waals surface area contributed by atoms with E-state index >= 15 is 0 Å². The molecule has 0 unspecified atom stereocenters. The van der Waals surface area contributed by atoms with Gasteiger partial charge in [-0.3, -0.25) is 14.5 Å². The molecule has 0 aliphatic heterocycles. The van der Waals surface area contributed by atoms with E-state index in [1.54, 1.807) is 23.9 Å². The van der Waals surface area contributed by atoms with E-state index < -0.39 is 4.92 Å². The summed E-state index contributed by atoms with van der Waals surface area (Å²) in [4.78, 5) is 10.2. The Morgan fingerprint density at radius 2 is 1.93 bits per heavy atom. The summed E-state index contributed by atoms with van der Waals surface area (Å²) in [5, 5.41) is 21.2. The van der Waals surface area contributed by atoms with Crippen LogP contribution in [0.3, 0.4) is 0 Å². The van der Waals surface area contributed by atoms with E-state index in [4.69, 9.17) is 4.74 Å². The predicted molar refractivity (Wildman–Crippen MR) is 105 cm³/mol. The summed E-state index contributed by atoms with van der Waals surface area (Å²) in [6.45, 7) is 2.53. The number of benzene rings is 2. The molecule has 2 aromatic carbocycles. The van der Waals surface area contributed by atoms with Crippen LogP contribution < -0.4 is 4.74 Å². The van der Waals surface area contributed by atoms with Gasteiger partial charge in [0.25, 0.3) is 5.69 Å². The molecule has 4 rings (SSSR count). The Morgan fingerprint density at radius 3 is 2.70 bits per heavy atom. The van der Waals surface area contributed by atoms with Crippen LogP contribution in [-0.4, -0.2) is 31.9 Å². The molecule has 0 saturated heterocycles. The SMILES string of the molecule is Cc1cc2nnc(SCCOc3ccc([N+](=O)[O-])cc3)n2c2ccccc12. The number of nitro benzene ring substituents is 1. The predicted octanol–water partition coefficient (Wildman–Crippen LogP) is 4.27. The van der Waals surface area contributed by atoms with Crippen molar-refractivity contribution in [3.63, 3.8) is 0 Å². The van der Waals surface area contributed by atoms with Crippen LogP contribution in [0.1, 0.15) is 5.56 Å². The Labute approximate surface area is 159 Å². The van der Waals surface area contributed by atoms with Crippen molar-refractivity contribution in [1.29, 1.82) is 0 Å². The maximum atomic E-state index is 10.7. The number of aromatic nitrogens is 3. The Bertz CT molecular complexity index is 1130. The molecule has 0 spiro atoms. The van der Waals surface area contributed by atoms with Gasteiger partial charge in [-0.15, -0.1) is 10.2 Å². The first-order chi connectivity index (χ1) is 13.1. The number of hydrogen-bond acceptors (Lipinski definition) is 6. The summed E-state index contributed by atoms with van der Waals surface area (Å²) < 4.78 is 7.71. The number of para-hydroxylation sites is 1. The number of fused-ring (bicyclic) bond motifs is 3. The second-order valence-electron chi connectivity index (χ2n) is 5.97. The molecule has 0 saturated carbocycles. The van der Waals surface area contributed by atoms with Crippen LogP contribution in [-0.2, 0) is 0 Å². The molecule has 0 fully saturated rings. The first-order valence-electron chi connectivity index (χ1n) is 8.37. The Kier molecular flexibility index (Phi) is 4.64. The number of non-ortho nitro benzene ring substituents is 1. The van der Waals surface area contributed by atoms with E-state index in [2.05, 4.69) is 33.7 Å². The summed E-state index contributed by atoms with van der Waals surface area (Å²) in [6, 6.07) is 16.3. The average Bonchev–Trinajstić information content (AvgIpc) is 3.08. The number of rotatable bonds is 6. The molecule has 27 heavy (non-hydrogen) atoms. The zero-order valence-corrected chi connectivity index (χ0v) is 15.3. The molecule has 0 bridgehead atoms. The van der Waals surface area contributed by atoms with Gasteiger partial charge >= 0.3 is 0 Å². The molecule has 4 aromatic rings. The maximum Gasteiger partial charge on any atom is 0.269 e. The lowest BCUT2D eigenvalue weighted by atomic mass is 10.1. The molecule has 0 atom stereocenters. The van der Waals surface area contributed by atoms with E-state index in [1.165, 1.54) is 23.1 Å². The smallest absolute Gasteiger partial charge is 0.269 e. The van der Waals surface area contributed by atoms with Crippen molar-refractivity contribution in [3.8, 4) is 5.75 Å². The highest BCUT2D eigenvalue weighted by atomic mass is 32.2. The van der Waals surface area contributed by atoms with Crippen molar-refractivity contribution in [2.75, 3.05) is 12.4 Å². The van der Waals surface area contributed by atoms with E-state index in [9.17, 15) is 10.1 Å². The van der Waals surface area contributed by atoms with Crippen molar-refractivity contribution >= 4 is 34.0 Å². The van der Waals surface area contributed by atoms with Crippen LogP contribution >= 0.6 is 11.8 Å². The highest BCUT2D eigenvalue weighted by Gasteiger charge is 2.11. The molecule has 2 aromatic heterocycles. The van der Waals surface area contributed by atoms with E-state index in [0.29, 0.717) is 18.1 Å². The highest BCUT2D eigenvalue weighted by molar-refractivity contribution is 7.99. The van der Waals surface area contributed by atoms with Crippen molar-refractivity contribution in [3.05, 3.63) is 70.3 Å². The number of pyridine rings is 1. The molecule has 8 heteroatoms. The average molecular weight is 380 g/mol. The maximum absolute atomic E-state index is 10.7. The van der Waals surface area contributed by atoms with Crippen LogP contribution in [0.2, 0.25) is 0 Å². The number of hydrogen-bond donors (Lipinski definition) is 0. The van der Waals surface area contributed by atoms with Crippen LogP contribution in [0.25, 0.3) is 16.6 Å². The van der Waals surface area contributed by atoms with Crippen molar-refractivity contribution < 1.29 is 9.66 Å². The minimum absolute atomic E-state index is 0.0498. The molecule has 7 nitrogen and oxygen atoms in total. The second kappa shape index (κ2) is 7.24. The number of aryl methyl sites for hydroxylation is 1. The van der Waals surface area contributed by atoms with Crippen molar-refractivity contribution in [2.24, 2.45) is 0 Å². The van der Waals surface area contributed by atoms with Crippen LogP contribution in [0.15, 0.2) is 59.8 Å². The van der Waals surface area contributed by atoms with E-state index in [0.717, 1.165) is 16.3 Å². The largest absolute Gasteiger partial charge is 0.493 e. The molecule has 0 amide bonds. The van der Waals surface area contributed by atoms with E-state index in [-0.39, 0.29) is 5.69 Å². The van der Waals surface area contributed by atoms with Crippen LogP contribution in [0, 0.1) is 17.0 Å². The molecule has 0 aliphatic rings. The van der Waals surface area contributed by atoms with E-state index in [1.807, 2.05) is 18.2 Å². The summed E-state index contributed by atoms with van der Waals surface area (Å²) in [6.07, 6.45) is 0. The van der Waals surface area contributed by atoms with Gasteiger partial charge in [0.1, 0.15) is 5.75 Å². The number of ether oxygens (including phenoxy) is 1. The number of thioether (sulfide) groups is 1. The molecule has 0 aliphatic carbocycles. The van der Waals surface area contributed by atoms with Gasteiger partial charge in [-0.25, -0.2) is 0 Å². The first kappa shape index (κ1) is 17.3. The summed E-state index contributed by atoms with van der Waals surface area (Å²) in [7, 11) is 0. The zero-order chi connectivity index (χ0) is 18.8. The van der Waals surface area contributed by atoms with Gasteiger partial charge in [0, 0.05) is 23.3 Å². The second-order valence-corrected chi connectivity index (χ2v) is 7.03. The minimum Gasteiger partial charge on any atom is -0.493 e. The van der Waals surface area contributed by atoms with Crippen LogP contribution in [0.4, 0.5) is 5.69 Å². The van der Waals surface area contributed by atoms with Gasteiger partial charge in [-0.2, -0.15) is 0 Å². The molecule has 136 valence electrons. The summed E-state index contributed by atoms with van der Waals surface area (Å²) >= 11 is 1.56. The van der Waals surface area contributed by atoms with Gasteiger partial charge in [-0.05, 0) is 36.8 Å². The first-order valence-corrected chi connectivity index (χ1v) is 9.35. The summed E-state index contributed by atoms with van der Waals surface area (Å²) in [5.74, 6) is 1.29. The molecule has 0 radical (unpaired) electrons. The Balaban J connectivity index is 1.46. The fourth-order valence-electron chi connectivity index (χ4n) is 2.92. The monoisotopic (exact) mass is 380 g/mol. The Hall–Kier alpha value is -3.13. The lowest BCUT2D eigenvalue weighted by Crippen LogP contribution is -2.01. The fourth-order valence-corrected chi connectivity index (χ4v) is 3.69. The Morgan fingerprint density at radius 1 is 1.15 bits per heavy atom. The van der Waals surface area contributed by atoms with Crippen molar-refractivity contribution in [1.82, 2.24) is 14.6 Å². The van der Waals surface area contributed by atoms with Gasteiger partial charge in [-0.1, -0.05) is 30.0 Å². The zero-order valence-electron chi connectivity index (χ0n) is 14.5. The third kappa shape index (κ3) is 3.43. The van der Waals surface area contributed by atoms with Crippen molar-refractivity contribution in [2.45, 2.75) is 12.1 Å². The lowest BCUT2D eigenvalue weighted by molar-refractivity contribution is -0.384. The molecular formula is C19H16N4O3S. The minimum atomic E-state index is -0.428. The highest BCUT2D eigenvalue weighted by Crippen LogP contribution is 2.26. The molecule has 0 N–H and O–H groups in total. The van der Waals surface area contributed by atoms with Gasteiger partial charge < -0.3 is 4.74 Å². The van der Waals surface area contributed by atoms with Gasteiger partial charge in [0.05, 0.1) is 17.0 Å². The fraction of sp³-hybridized carbons (Fsp3) is 0.158. The third-order valence-electron chi connectivity index (χ3n) is 4.20. The topological polar surface area (TPSA) is 82.6 Å². The van der Waals surface area contributed by atoms with Crippen LogP contribution in [0.5, 0.6) is 5.75 Å². The summed E-state index contributed by atoms with van der Waals surface area (Å²) in [5.41, 5.74) is 3.12. The third-order valence-corrected chi connectivity index (χ3v) is 5.10. The van der Waals surface area contributed by atoms with Gasteiger partial charge in [0.2, 0.25) is 0 Å². The lowest BCUT2D eigenvalue weighted by Gasteiger charge is -2.08. The standard InChI is InChI=1S/C19H16N4O3S/c1-13-12-18-20-21-19(22(18)17-5-3-2-4-16(13)17)27-11-10-26-15-8-6-14(7-9-15)23(24)25/h2-9,12H,10-11H2,1H3. The number of nitro groups is 1. The number of nitrogens with zero attached hydrogens (tertiary/aromatic N) is 4. The normalized spacial score (nSPS) is 11.1. The quantitative estimate of drug-likeness (QED) is 0.215.